The predicted molar refractivity (Wildman–Crippen MR) is 272 cm³/mol. The quantitative estimate of drug-likeness (QED) is 0.147. The number of hydrogen-bond donors (Lipinski definition) is 0. The highest BCUT2D eigenvalue weighted by Gasteiger charge is 2.50. The van der Waals surface area contributed by atoms with Crippen molar-refractivity contribution in [2.24, 2.45) is 0 Å². The van der Waals surface area contributed by atoms with Crippen LogP contribution in [0.4, 0.5) is 17.1 Å². The summed E-state index contributed by atoms with van der Waals surface area (Å²) in [6.07, 6.45) is 0. The van der Waals surface area contributed by atoms with Gasteiger partial charge in [0.25, 0.3) is 0 Å². The second kappa shape index (κ2) is 15.4. The van der Waals surface area contributed by atoms with Gasteiger partial charge in [0, 0.05) is 22.5 Å². The van der Waals surface area contributed by atoms with Crippen molar-refractivity contribution in [3.8, 4) is 55.6 Å². The first kappa shape index (κ1) is 38.7. The van der Waals surface area contributed by atoms with Crippen molar-refractivity contribution in [2.45, 2.75) is 24.7 Å². The number of fused-ring (bicyclic) bond motifs is 6. The van der Waals surface area contributed by atoms with Gasteiger partial charge < -0.3 is 4.90 Å². The molecule has 12 rings (SSSR count). The zero-order valence-corrected chi connectivity index (χ0v) is 36.6. The fourth-order valence-electron chi connectivity index (χ4n) is 11.1. The Balaban J connectivity index is 1.17. The Kier molecular flexibility index (Phi) is 9.14. The van der Waals surface area contributed by atoms with Crippen molar-refractivity contribution in [1.82, 2.24) is 0 Å². The maximum Gasteiger partial charge on any atom is 0.0713 e. The molecule has 0 N–H and O–H groups in total. The molecular formula is C64H47N. The molecule has 0 spiro atoms. The molecule has 0 bridgehead atoms. The monoisotopic (exact) mass is 829 g/mol. The van der Waals surface area contributed by atoms with Crippen LogP contribution in [0, 0.1) is 0 Å². The highest BCUT2D eigenvalue weighted by Crippen LogP contribution is 2.64. The topological polar surface area (TPSA) is 3.24 Å². The number of hydrogen-bond acceptors (Lipinski definition) is 1. The standard InChI is InChI=1S/C64H47N/c1-63(2)56-31-19-18-30-54(56)61-58(63)43-59-62(60(61)48-24-12-5-13-25-48)55-42-53(40-41-57(55)64(59,49-26-14-6-15-27-49)50-28-16-7-17-29-50)65(51-36-32-46(33-37-51)44-20-8-3-9-21-44)52-38-34-47(35-39-52)45-22-10-4-11-23-45/h3-43H,1-2H3. The summed E-state index contributed by atoms with van der Waals surface area (Å²) in [5, 5.41) is 0. The molecule has 0 aromatic heterocycles. The van der Waals surface area contributed by atoms with E-state index in [-0.39, 0.29) is 5.41 Å². The lowest BCUT2D eigenvalue weighted by atomic mass is 9.66. The van der Waals surface area contributed by atoms with Gasteiger partial charge >= 0.3 is 0 Å². The van der Waals surface area contributed by atoms with Crippen LogP contribution in [0.1, 0.15) is 47.2 Å². The van der Waals surface area contributed by atoms with E-state index in [1.165, 1.54) is 89.0 Å². The second-order valence-electron chi connectivity index (χ2n) is 18.0. The summed E-state index contributed by atoms with van der Waals surface area (Å²) in [6, 6.07) is 92.0. The van der Waals surface area contributed by atoms with Crippen LogP contribution in [0.2, 0.25) is 0 Å². The fourth-order valence-corrected chi connectivity index (χ4v) is 11.1. The van der Waals surface area contributed by atoms with Gasteiger partial charge in [0.1, 0.15) is 0 Å². The maximum atomic E-state index is 2.60. The van der Waals surface area contributed by atoms with E-state index in [0.717, 1.165) is 17.1 Å². The van der Waals surface area contributed by atoms with Crippen LogP contribution in [0.5, 0.6) is 0 Å². The summed E-state index contributed by atoms with van der Waals surface area (Å²) in [5.41, 5.74) is 22.9. The van der Waals surface area contributed by atoms with Crippen LogP contribution in [-0.4, -0.2) is 0 Å². The molecule has 0 heterocycles. The minimum absolute atomic E-state index is 0.210. The molecule has 0 amide bonds. The van der Waals surface area contributed by atoms with Gasteiger partial charge in [0.15, 0.2) is 0 Å². The Morgan fingerprint density at radius 2 is 0.692 bits per heavy atom. The van der Waals surface area contributed by atoms with E-state index in [4.69, 9.17) is 0 Å². The number of nitrogens with zero attached hydrogens (tertiary/aromatic N) is 1. The SMILES string of the molecule is CC1(C)c2ccccc2-c2c1cc1c(c2-c2ccccc2)-c2cc(N(c3ccc(-c4ccccc4)cc3)c3ccc(-c4ccccc4)cc3)ccc2C1(c1ccccc1)c1ccccc1. The van der Waals surface area contributed by atoms with Crippen molar-refractivity contribution >= 4 is 17.1 Å². The van der Waals surface area contributed by atoms with E-state index >= 15 is 0 Å². The number of anilines is 3. The van der Waals surface area contributed by atoms with Crippen molar-refractivity contribution in [3.05, 3.63) is 282 Å². The first-order chi connectivity index (χ1) is 32.0. The van der Waals surface area contributed by atoms with E-state index in [9.17, 15) is 0 Å². The highest BCUT2D eigenvalue weighted by atomic mass is 15.1. The van der Waals surface area contributed by atoms with Gasteiger partial charge in [-0.3, -0.25) is 0 Å². The van der Waals surface area contributed by atoms with Crippen molar-refractivity contribution < 1.29 is 0 Å². The molecular weight excluding hydrogens is 783 g/mol. The molecule has 2 aliphatic rings. The summed E-state index contributed by atoms with van der Waals surface area (Å²) in [6.45, 7) is 4.82. The van der Waals surface area contributed by atoms with Gasteiger partial charge in [0.05, 0.1) is 5.41 Å². The molecule has 0 fully saturated rings. The molecule has 2 aliphatic carbocycles. The van der Waals surface area contributed by atoms with Gasteiger partial charge in [-0.2, -0.15) is 0 Å². The van der Waals surface area contributed by atoms with Crippen LogP contribution < -0.4 is 4.90 Å². The molecule has 308 valence electrons. The number of rotatable bonds is 8. The zero-order valence-electron chi connectivity index (χ0n) is 36.6. The molecule has 1 heteroatoms. The largest absolute Gasteiger partial charge is 0.310 e. The van der Waals surface area contributed by atoms with E-state index in [2.05, 4.69) is 267 Å². The van der Waals surface area contributed by atoms with Crippen LogP contribution in [0.25, 0.3) is 55.6 Å². The smallest absolute Gasteiger partial charge is 0.0713 e. The Morgan fingerprint density at radius 3 is 1.22 bits per heavy atom. The molecule has 65 heavy (non-hydrogen) atoms. The Hall–Kier alpha value is -8.00. The zero-order chi connectivity index (χ0) is 43.5. The third kappa shape index (κ3) is 6.07. The van der Waals surface area contributed by atoms with Crippen molar-refractivity contribution in [2.75, 3.05) is 4.90 Å². The molecule has 1 nitrogen and oxygen atoms in total. The maximum absolute atomic E-state index is 2.60. The first-order valence-corrected chi connectivity index (χ1v) is 22.8. The van der Waals surface area contributed by atoms with E-state index in [0.29, 0.717) is 0 Å². The van der Waals surface area contributed by atoms with Crippen LogP contribution in [0.3, 0.4) is 0 Å². The van der Waals surface area contributed by atoms with Gasteiger partial charge in [-0.05, 0) is 125 Å². The molecule has 0 atom stereocenters. The Bertz CT molecular complexity index is 3210. The van der Waals surface area contributed by atoms with Crippen LogP contribution in [0.15, 0.2) is 249 Å². The Labute approximate surface area is 382 Å². The average molecular weight is 830 g/mol. The van der Waals surface area contributed by atoms with E-state index < -0.39 is 5.41 Å². The predicted octanol–water partition coefficient (Wildman–Crippen LogP) is 16.8. The summed E-state index contributed by atoms with van der Waals surface area (Å²) in [4.78, 5) is 2.43. The highest BCUT2D eigenvalue weighted by molar-refractivity contribution is 6.06. The van der Waals surface area contributed by atoms with E-state index in [1.807, 2.05) is 0 Å². The second-order valence-corrected chi connectivity index (χ2v) is 18.0. The molecule has 0 radical (unpaired) electrons. The third-order valence-corrected chi connectivity index (χ3v) is 14.2. The summed E-state index contributed by atoms with van der Waals surface area (Å²) in [5.74, 6) is 0. The molecule has 10 aromatic rings. The van der Waals surface area contributed by atoms with Crippen molar-refractivity contribution in [3.63, 3.8) is 0 Å². The van der Waals surface area contributed by atoms with Crippen molar-refractivity contribution in [1.29, 1.82) is 0 Å². The molecule has 0 aliphatic heterocycles. The Morgan fingerprint density at radius 1 is 0.277 bits per heavy atom. The molecule has 0 saturated heterocycles. The minimum Gasteiger partial charge on any atom is -0.310 e. The summed E-state index contributed by atoms with van der Waals surface area (Å²) in [7, 11) is 0. The molecule has 10 aromatic carbocycles. The van der Waals surface area contributed by atoms with Gasteiger partial charge in [0.2, 0.25) is 0 Å². The third-order valence-electron chi connectivity index (χ3n) is 14.2. The molecule has 0 unspecified atom stereocenters. The number of benzene rings is 10. The fraction of sp³-hybridized carbons (Fsp3) is 0.0625. The van der Waals surface area contributed by atoms with Gasteiger partial charge in [-0.1, -0.05) is 226 Å². The lowest BCUT2D eigenvalue weighted by Crippen LogP contribution is -2.29. The minimum atomic E-state index is -0.589. The van der Waals surface area contributed by atoms with Gasteiger partial charge in [-0.15, -0.1) is 0 Å². The normalized spacial score (nSPS) is 13.6. The first-order valence-electron chi connectivity index (χ1n) is 22.8. The summed E-state index contributed by atoms with van der Waals surface area (Å²) < 4.78 is 0. The molecule has 0 saturated carbocycles. The lowest BCUT2D eigenvalue weighted by Gasteiger charge is -2.35. The van der Waals surface area contributed by atoms with E-state index in [1.54, 1.807) is 0 Å². The van der Waals surface area contributed by atoms with Crippen LogP contribution >= 0.6 is 0 Å². The van der Waals surface area contributed by atoms with Crippen LogP contribution in [-0.2, 0) is 10.8 Å². The lowest BCUT2D eigenvalue weighted by molar-refractivity contribution is 0.656. The van der Waals surface area contributed by atoms with Gasteiger partial charge in [-0.25, -0.2) is 0 Å². The summed E-state index contributed by atoms with van der Waals surface area (Å²) >= 11 is 0. The average Bonchev–Trinajstić information content (AvgIpc) is 3.80.